The van der Waals surface area contributed by atoms with E-state index in [-0.39, 0.29) is 11.5 Å². The van der Waals surface area contributed by atoms with Crippen molar-refractivity contribution in [1.82, 2.24) is 5.32 Å². The summed E-state index contributed by atoms with van der Waals surface area (Å²) in [5.41, 5.74) is 7.25. The maximum absolute atomic E-state index is 11.9. The Morgan fingerprint density at radius 2 is 1.84 bits per heavy atom. The number of amides is 2. The summed E-state index contributed by atoms with van der Waals surface area (Å²) >= 11 is 0. The number of rotatable bonds is 3. The van der Waals surface area contributed by atoms with Crippen LogP contribution < -0.4 is 11.1 Å². The lowest BCUT2D eigenvalue weighted by Crippen LogP contribution is -2.21. The lowest BCUT2D eigenvalue weighted by molar-refractivity contribution is 0.0963. The van der Waals surface area contributed by atoms with E-state index in [0.29, 0.717) is 11.1 Å². The zero-order chi connectivity index (χ0) is 13.8. The summed E-state index contributed by atoms with van der Waals surface area (Å²) in [6.07, 6.45) is 0. The maximum Gasteiger partial charge on any atom is 0.251 e. The summed E-state index contributed by atoms with van der Waals surface area (Å²) in [6, 6.07) is 15.1. The van der Waals surface area contributed by atoms with E-state index in [4.69, 9.17) is 5.73 Å². The lowest BCUT2D eigenvalue weighted by Gasteiger charge is -2.12. The predicted octanol–water partition coefficient (Wildman–Crippen LogP) is 1.61. The molecule has 3 N–H and O–H groups in total. The second kappa shape index (κ2) is 5.35. The molecule has 0 saturated heterocycles. The Balaban J connectivity index is 2.74. The van der Waals surface area contributed by atoms with Crippen molar-refractivity contribution < 1.29 is 9.59 Å². The van der Waals surface area contributed by atoms with E-state index in [2.05, 4.69) is 11.4 Å². The molecule has 0 atom stereocenters. The summed E-state index contributed by atoms with van der Waals surface area (Å²) in [6.45, 7) is 0. The number of primary amides is 1. The minimum atomic E-state index is -0.607. The highest BCUT2D eigenvalue weighted by atomic mass is 16.2. The van der Waals surface area contributed by atoms with E-state index >= 15 is 0 Å². The Kier molecular flexibility index (Phi) is 3.61. The Morgan fingerprint density at radius 1 is 1.16 bits per heavy atom. The molecule has 4 nitrogen and oxygen atoms in total. The number of hydrogen-bond acceptors (Lipinski definition) is 2. The molecule has 19 heavy (non-hydrogen) atoms. The van der Waals surface area contributed by atoms with E-state index < -0.39 is 5.91 Å². The van der Waals surface area contributed by atoms with Crippen molar-refractivity contribution >= 4 is 11.8 Å². The van der Waals surface area contributed by atoms with Gasteiger partial charge < -0.3 is 11.1 Å². The average Bonchev–Trinajstić information content (AvgIpc) is 2.46. The lowest BCUT2D eigenvalue weighted by atomic mass is 9.93. The Morgan fingerprint density at radius 3 is 2.42 bits per heavy atom. The fourth-order valence-corrected chi connectivity index (χ4v) is 1.92. The number of benzene rings is 2. The molecule has 0 spiro atoms. The van der Waals surface area contributed by atoms with E-state index in [0.717, 1.165) is 5.56 Å². The third-order valence-corrected chi connectivity index (χ3v) is 2.78. The van der Waals surface area contributed by atoms with E-state index in [9.17, 15) is 9.59 Å². The summed E-state index contributed by atoms with van der Waals surface area (Å²) in [5.74, 6) is -0.875. The van der Waals surface area contributed by atoms with Crippen molar-refractivity contribution in [2.75, 3.05) is 7.05 Å². The van der Waals surface area contributed by atoms with Crippen molar-refractivity contribution in [2.24, 2.45) is 5.73 Å². The molecule has 0 saturated carbocycles. The minimum Gasteiger partial charge on any atom is -0.366 e. The van der Waals surface area contributed by atoms with Crippen molar-refractivity contribution in [3.63, 3.8) is 0 Å². The fraction of sp³-hybridized carbons (Fsp3) is 0.0667. The van der Waals surface area contributed by atoms with Gasteiger partial charge in [0.2, 0.25) is 5.91 Å². The Labute approximate surface area is 111 Å². The number of hydrogen-bond donors (Lipinski definition) is 2. The van der Waals surface area contributed by atoms with Crippen molar-refractivity contribution in [1.29, 1.82) is 0 Å². The second-order valence-electron chi connectivity index (χ2n) is 3.95. The molecule has 2 amide bonds. The van der Waals surface area contributed by atoms with Crippen LogP contribution in [-0.4, -0.2) is 18.9 Å². The molecule has 1 radical (unpaired) electrons. The quantitative estimate of drug-likeness (QED) is 0.872. The van der Waals surface area contributed by atoms with E-state index in [1.165, 1.54) is 13.1 Å². The van der Waals surface area contributed by atoms with Crippen LogP contribution in [0.4, 0.5) is 0 Å². The zero-order valence-corrected chi connectivity index (χ0v) is 10.4. The van der Waals surface area contributed by atoms with Crippen molar-refractivity contribution in [3.05, 3.63) is 59.7 Å². The maximum atomic E-state index is 11.9. The van der Waals surface area contributed by atoms with Gasteiger partial charge in [0.05, 0.1) is 5.56 Å². The SMILES string of the molecule is CNC(=O)c1cc[c]c(C(N)=O)c1-c1ccccc1. The van der Waals surface area contributed by atoms with Crippen molar-refractivity contribution in [2.45, 2.75) is 0 Å². The van der Waals surface area contributed by atoms with E-state index in [1.807, 2.05) is 30.3 Å². The number of nitrogens with two attached hydrogens (primary N) is 1. The molecule has 2 aromatic rings. The predicted molar refractivity (Wildman–Crippen MR) is 72.6 cm³/mol. The van der Waals surface area contributed by atoms with Gasteiger partial charge in [0.15, 0.2) is 0 Å². The third kappa shape index (κ3) is 2.47. The third-order valence-electron chi connectivity index (χ3n) is 2.78. The highest BCUT2D eigenvalue weighted by Crippen LogP contribution is 2.27. The van der Waals surface area contributed by atoms with Gasteiger partial charge >= 0.3 is 0 Å². The molecule has 2 aromatic carbocycles. The summed E-state index contributed by atoms with van der Waals surface area (Å²) in [7, 11) is 1.54. The molecule has 0 aromatic heterocycles. The van der Waals surface area contributed by atoms with Crippen LogP contribution in [0.5, 0.6) is 0 Å². The Bertz CT molecular complexity index is 621. The van der Waals surface area contributed by atoms with Crippen LogP contribution in [-0.2, 0) is 0 Å². The number of nitrogens with one attached hydrogen (secondary N) is 1. The van der Waals surface area contributed by atoms with Crippen LogP contribution in [0.2, 0.25) is 0 Å². The highest BCUT2D eigenvalue weighted by Gasteiger charge is 2.18. The first-order valence-corrected chi connectivity index (χ1v) is 5.77. The van der Waals surface area contributed by atoms with Gasteiger partial charge in [-0.1, -0.05) is 36.4 Å². The minimum absolute atomic E-state index is 0.215. The van der Waals surface area contributed by atoms with Crippen LogP contribution in [0.1, 0.15) is 20.7 Å². The average molecular weight is 253 g/mol. The molecule has 0 heterocycles. The van der Waals surface area contributed by atoms with Gasteiger partial charge in [0, 0.05) is 18.2 Å². The zero-order valence-electron chi connectivity index (χ0n) is 10.4. The molecule has 0 aliphatic heterocycles. The van der Waals surface area contributed by atoms with Gasteiger partial charge in [-0.25, -0.2) is 0 Å². The number of carbonyl (C=O) groups excluding carboxylic acids is 2. The molecule has 2 rings (SSSR count). The summed E-state index contributed by atoms with van der Waals surface area (Å²) < 4.78 is 0. The first-order chi connectivity index (χ1) is 9.15. The molecule has 4 heteroatoms. The van der Waals surface area contributed by atoms with E-state index in [1.54, 1.807) is 6.07 Å². The van der Waals surface area contributed by atoms with Crippen molar-refractivity contribution in [3.8, 4) is 11.1 Å². The number of carbonyl (C=O) groups is 2. The smallest absolute Gasteiger partial charge is 0.251 e. The summed E-state index contributed by atoms with van der Waals surface area (Å²) in [4.78, 5) is 23.4. The molecular weight excluding hydrogens is 240 g/mol. The molecule has 0 fully saturated rings. The van der Waals surface area contributed by atoms with Crippen LogP contribution in [0.15, 0.2) is 42.5 Å². The topological polar surface area (TPSA) is 72.2 Å². The molecule has 0 aliphatic rings. The van der Waals surface area contributed by atoms with Crippen LogP contribution in [0.3, 0.4) is 0 Å². The molecule has 95 valence electrons. The van der Waals surface area contributed by atoms with Crippen LogP contribution in [0, 0.1) is 6.07 Å². The first-order valence-electron chi connectivity index (χ1n) is 5.77. The van der Waals surface area contributed by atoms with Crippen LogP contribution in [0.25, 0.3) is 11.1 Å². The van der Waals surface area contributed by atoms with Gasteiger partial charge in [-0.15, -0.1) is 0 Å². The summed E-state index contributed by atoms with van der Waals surface area (Å²) in [5, 5.41) is 2.55. The first kappa shape index (κ1) is 12.8. The molecular formula is C15H13N2O2. The largest absolute Gasteiger partial charge is 0.366 e. The monoisotopic (exact) mass is 253 g/mol. The molecule has 0 aliphatic carbocycles. The molecule has 0 bridgehead atoms. The fourth-order valence-electron chi connectivity index (χ4n) is 1.92. The van der Waals surface area contributed by atoms with Gasteiger partial charge in [-0.05, 0) is 17.7 Å². The van der Waals surface area contributed by atoms with Gasteiger partial charge in [-0.3, -0.25) is 9.59 Å². The second-order valence-corrected chi connectivity index (χ2v) is 3.95. The van der Waals surface area contributed by atoms with Gasteiger partial charge in [-0.2, -0.15) is 0 Å². The Hall–Kier alpha value is -2.62. The normalized spacial score (nSPS) is 9.95. The highest BCUT2D eigenvalue weighted by molar-refractivity contribution is 6.08. The van der Waals surface area contributed by atoms with Crippen LogP contribution >= 0.6 is 0 Å². The van der Waals surface area contributed by atoms with Gasteiger partial charge in [0.25, 0.3) is 5.91 Å². The van der Waals surface area contributed by atoms with Gasteiger partial charge in [0.1, 0.15) is 0 Å². The standard InChI is InChI=1S/C15H13N2O2/c1-17-15(19)12-9-5-8-11(14(16)18)13(12)10-6-3-2-4-7-10/h2-7,9H,1H3,(H2,16,18)(H,17,19). The molecule has 0 unspecified atom stereocenters.